The molecule has 2 aromatic rings. The van der Waals surface area contributed by atoms with E-state index in [4.69, 9.17) is 14.3 Å². The molecule has 1 atom stereocenters. The summed E-state index contributed by atoms with van der Waals surface area (Å²) in [6, 6.07) is 5.32. The smallest absolute Gasteiger partial charge is 0.267 e. The van der Waals surface area contributed by atoms with E-state index in [9.17, 15) is 4.79 Å². The van der Waals surface area contributed by atoms with E-state index < -0.39 is 6.10 Å². The minimum Gasteiger partial charge on any atom is -0.490 e. The molecule has 0 unspecified atom stereocenters. The van der Waals surface area contributed by atoms with Gasteiger partial charge in [0.25, 0.3) is 5.91 Å². The maximum Gasteiger partial charge on any atom is 0.267 e. The normalized spacial score (nSPS) is 15.0. The fraction of sp³-hybridized carbons (Fsp3) is 0.421. The van der Waals surface area contributed by atoms with Crippen molar-refractivity contribution in [2.45, 2.75) is 40.2 Å². The summed E-state index contributed by atoms with van der Waals surface area (Å²) < 4.78 is 11.2. The van der Waals surface area contributed by atoms with Crippen molar-refractivity contribution < 1.29 is 19.1 Å². The van der Waals surface area contributed by atoms with Crippen LogP contribution in [0.3, 0.4) is 0 Å². The fourth-order valence-electron chi connectivity index (χ4n) is 2.60. The van der Waals surface area contributed by atoms with Crippen molar-refractivity contribution in [2.24, 2.45) is 5.16 Å². The van der Waals surface area contributed by atoms with Crippen LogP contribution in [-0.4, -0.2) is 35.9 Å². The molecule has 1 aliphatic rings. The molecule has 27 heavy (non-hydrogen) atoms. The number of thiazole rings is 1. The Labute approximate surface area is 162 Å². The Morgan fingerprint density at radius 2 is 2.04 bits per heavy atom. The number of nitrogens with zero attached hydrogens (tertiary/aromatic N) is 2. The number of oxime groups is 1. The molecule has 0 fully saturated rings. The van der Waals surface area contributed by atoms with Crippen molar-refractivity contribution >= 4 is 28.6 Å². The van der Waals surface area contributed by atoms with Crippen LogP contribution in [0.4, 0.5) is 5.69 Å². The van der Waals surface area contributed by atoms with E-state index in [1.54, 1.807) is 36.5 Å². The predicted octanol–water partition coefficient (Wildman–Crippen LogP) is 3.69. The number of hydrogen-bond donors (Lipinski definition) is 1. The van der Waals surface area contributed by atoms with Gasteiger partial charge in [-0.1, -0.05) is 5.16 Å². The van der Waals surface area contributed by atoms with Crippen LogP contribution in [0.2, 0.25) is 0 Å². The Morgan fingerprint density at radius 1 is 1.30 bits per heavy atom. The molecule has 1 N–H and O–H groups in total. The molecule has 144 valence electrons. The first-order valence-corrected chi connectivity index (χ1v) is 9.61. The Balaban J connectivity index is 1.61. The zero-order chi connectivity index (χ0) is 19.4. The van der Waals surface area contributed by atoms with Crippen molar-refractivity contribution in [2.75, 3.05) is 18.5 Å². The third kappa shape index (κ3) is 4.77. The fourth-order valence-corrected chi connectivity index (χ4v) is 3.46. The van der Waals surface area contributed by atoms with Crippen LogP contribution in [0.15, 0.2) is 23.4 Å². The monoisotopic (exact) mass is 389 g/mol. The number of aromatic nitrogens is 1. The van der Waals surface area contributed by atoms with Gasteiger partial charge in [-0.25, -0.2) is 4.98 Å². The van der Waals surface area contributed by atoms with Crippen molar-refractivity contribution in [1.82, 2.24) is 4.98 Å². The second kappa shape index (κ2) is 8.39. The average molecular weight is 389 g/mol. The topological polar surface area (TPSA) is 82.0 Å². The first kappa shape index (κ1) is 19.2. The maximum atomic E-state index is 12.4. The van der Waals surface area contributed by atoms with Gasteiger partial charge in [-0.05, 0) is 39.8 Å². The zero-order valence-electron chi connectivity index (χ0n) is 15.9. The molecular weight excluding hydrogens is 366 g/mol. The number of benzene rings is 1. The number of fused-ring (bicyclic) bond motifs is 1. The molecule has 0 saturated heterocycles. The molecule has 0 spiro atoms. The number of carbonyl (C=O) groups is 1. The molecule has 0 saturated carbocycles. The summed E-state index contributed by atoms with van der Waals surface area (Å²) in [7, 11) is 0. The third-order valence-corrected chi connectivity index (χ3v) is 5.15. The average Bonchev–Trinajstić information content (AvgIpc) is 2.83. The highest BCUT2D eigenvalue weighted by atomic mass is 32.1. The summed E-state index contributed by atoms with van der Waals surface area (Å²) in [6.07, 6.45) is 0.0856. The molecule has 1 aromatic carbocycles. The van der Waals surface area contributed by atoms with Crippen LogP contribution >= 0.6 is 11.3 Å². The van der Waals surface area contributed by atoms with Crippen LogP contribution in [0, 0.1) is 13.8 Å². The molecular formula is C19H23N3O4S. The zero-order valence-corrected chi connectivity index (χ0v) is 16.7. The lowest BCUT2D eigenvalue weighted by Gasteiger charge is -2.13. The van der Waals surface area contributed by atoms with Gasteiger partial charge in [-0.15, -0.1) is 11.3 Å². The highest BCUT2D eigenvalue weighted by Crippen LogP contribution is 2.32. The second-order valence-electron chi connectivity index (χ2n) is 6.27. The molecule has 1 amide bonds. The van der Waals surface area contributed by atoms with Gasteiger partial charge in [0.1, 0.15) is 0 Å². The SMILES string of the molecule is CC(=NO[C@H](C)C(=O)Nc1ccc2c(c1)OCCCO2)c1sc(C)nc1C. The van der Waals surface area contributed by atoms with Crippen molar-refractivity contribution in [3.05, 3.63) is 33.8 Å². The lowest BCUT2D eigenvalue weighted by molar-refractivity contribution is -0.126. The van der Waals surface area contributed by atoms with E-state index in [-0.39, 0.29) is 5.91 Å². The summed E-state index contributed by atoms with van der Waals surface area (Å²) in [5.41, 5.74) is 2.23. The van der Waals surface area contributed by atoms with Crippen molar-refractivity contribution in [3.63, 3.8) is 0 Å². The number of nitrogens with one attached hydrogen (secondary N) is 1. The number of aryl methyl sites for hydroxylation is 2. The summed E-state index contributed by atoms with van der Waals surface area (Å²) >= 11 is 1.55. The van der Waals surface area contributed by atoms with E-state index >= 15 is 0 Å². The van der Waals surface area contributed by atoms with Gasteiger partial charge in [0, 0.05) is 18.2 Å². The second-order valence-corrected chi connectivity index (χ2v) is 7.48. The number of hydrogen-bond acceptors (Lipinski definition) is 7. The van der Waals surface area contributed by atoms with Gasteiger partial charge in [0.15, 0.2) is 11.5 Å². The van der Waals surface area contributed by atoms with E-state index in [0.29, 0.717) is 36.1 Å². The lowest BCUT2D eigenvalue weighted by atomic mass is 10.2. The Bertz CT molecular complexity index is 863. The van der Waals surface area contributed by atoms with Crippen molar-refractivity contribution in [1.29, 1.82) is 0 Å². The minimum absolute atomic E-state index is 0.293. The summed E-state index contributed by atoms with van der Waals surface area (Å²) in [5, 5.41) is 7.88. The first-order valence-electron chi connectivity index (χ1n) is 8.79. The van der Waals surface area contributed by atoms with Crippen LogP contribution in [0.25, 0.3) is 0 Å². The van der Waals surface area contributed by atoms with E-state index in [1.165, 1.54) is 0 Å². The molecule has 2 heterocycles. The van der Waals surface area contributed by atoms with Crippen molar-refractivity contribution in [3.8, 4) is 11.5 Å². The molecule has 0 radical (unpaired) electrons. The van der Waals surface area contributed by atoms with Gasteiger partial charge in [-0.3, -0.25) is 4.79 Å². The molecule has 0 aliphatic carbocycles. The standard InChI is InChI=1S/C19H23N3O4S/c1-11-18(27-14(4)20-11)12(2)22-26-13(3)19(23)21-15-6-7-16-17(10-15)25-9-5-8-24-16/h6-7,10,13H,5,8-9H2,1-4H3,(H,21,23)/t13-/m1/s1. The van der Waals surface area contributed by atoms with Gasteiger partial charge in [-0.2, -0.15) is 0 Å². The third-order valence-electron chi connectivity index (χ3n) is 3.96. The number of amides is 1. The van der Waals surface area contributed by atoms with Gasteiger partial charge >= 0.3 is 0 Å². The van der Waals surface area contributed by atoms with Gasteiger partial charge in [0.05, 0.1) is 34.5 Å². The number of carbonyl (C=O) groups excluding carboxylic acids is 1. The summed E-state index contributed by atoms with van der Waals surface area (Å²) in [5.74, 6) is 1.02. The lowest BCUT2D eigenvalue weighted by Crippen LogP contribution is -2.26. The molecule has 3 rings (SSSR count). The predicted molar refractivity (Wildman–Crippen MR) is 105 cm³/mol. The first-order chi connectivity index (χ1) is 12.9. The molecule has 7 nitrogen and oxygen atoms in total. The summed E-state index contributed by atoms with van der Waals surface area (Å²) in [4.78, 5) is 23.1. The highest BCUT2D eigenvalue weighted by molar-refractivity contribution is 7.13. The van der Waals surface area contributed by atoms with Crippen LogP contribution in [0.5, 0.6) is 11.5 Å². The minimum atomic E-state index is -0.745. The molecule has 1 aliphatic heterocycles. The van der Waals surface area contributed by atoms with Gasteiger partial charge in [0.2, 0.25) is 6.10 Å². The Hall–Kier alpha value is -2.61. The Kier molecular flexibility index (Phi) is 5.95. The van der Waals surface area contributed by atoms with E-state index in [1.807, 2.05) is 20.8 Å². The van der Waals surface area contributed by atoms with Crippen LogP contribution in [-0.2, 0) is 9.63 Å². The van der Waals surface area contributed by atoms with Crippen LogP contribution < -0.4 is 14.8 Å². The largest absolute Gasteiger partial charge is 0.490 e. The van der Waals surface area contributed by atoms with Gasteiger partial charge < -0.3 is 19.6 Å². The molecule has 8 heteroatoms. The quantitative estimate of drug-likeness (QED) is 0.623. The number of ether oxygens (including phenoxy) is 2. The molecule has 0 bridgehead atoms. The van der Waals surface area contributed by atoms with Crippen LogP contribution in [0.1, 0.15) is 35.8 Å². The number of anilines is 1. The Morgan fingerprint density at radius 3 is 2.74 bits per heavy atom. The van der Waals surface area contributed by atoms with E-state index in [0.717, 1.165) is 22.0 Å². The maximum absolute atomic E-state index is 12.4. The molecule has 1 aromatic heterocycles. The number of rotatable bonds is 5. The summed E-state index contributed by atoms with van der Waals surface area (Å²) in [6.45, 7) is 8.58. The highest BCUT2D eigenvalue weighted by Gasteiger charge is 2.17. The van der Waals surface area contributed by atoms with E-state index in [2.05, 4.69) is 15.5 Å².